The topological polar surface area (TPSA) is 71.9 Å². The van der Waals surface area contributed by atoms with Crippen LogP contribution in [-0.4, -0.2) is 53.8 Å². The van der Waals surface area contributed by atoms with Crippen LogP contribution in [0.1, 0.15) is 18.4 Å². The molecule has 1 fully saturated rings. The van der Waals surface area contributed by atoms with E-state index in [1.54, 1.807) is 6.07 Å². The highest BCUT2D eigenvalue weighted by molar-refractivity contribution is 5.87. The summed E-state index contributed by atoms with van der Waals surface area (Å²) >= 11 is 0. The number of carboxylic acid groups (broad SMARTS) is 1. The molecule has 1 N–H and O–H groups in total. The molecule has 6 heteroatoms. The fourth-order valence-corrected chi connectivity index (χ4v) is 3.82. The number of piperidine rings is 1. The number of carboxylic acids is 1. The second kappa shape index (κ2) is 8.71. The Bertz CT molecular complexity index is 1060. The summed E-state index contributed by atoms with van der Waals surface area (Å²) in [5.74, 6) is 0.373. The second-order valence-electron chi connectivity index (χ2n) is 7.80. The van der Waals surface area contributed by atoms with E-state index in [0.29, 0.717) is 5.75 Å². The van der Waals surface area contributed by atoms with Gasteiger partial charge in [-0.3, -0.25) is 0 Å². The number of aryl methyl sites for hydroxylation is 1. The summed E-state index contributed by atoms with van der Waals surface area (Å²) in [4.78, 5) is 18.0. The van der Waals surface area contributed by atoms with Gasteiger partial charge in [-0.1, -0.05) is 12.1 Å². The molecule has 30 heavy (non-hydrogen) atoms. The predicted molar refractivity (Wildman–Crippen MR) is 116 cm³/mol. The van der Waals surface area contributed by atoms with Gasteiger partial charge in [-0.25, -0.2) is 9.78 Å². The first-order valence-electron chi connectivity index (χ1n) is 10.2. The summed E-state index contributed by atoms with van der Waals surface area (Å²) in [5, 5.41) is 9.97. The van der Waals surface area contributed by atoms with Crippen molar-refractivity contribution in [3.05, 3.63) is 54.1 Å². The third-order valence-corrected chi connectivity index (χ3v) is 5.47. The van der Waals surface area contributed by atoms with Gasteiger partial charge in [0.15, 0.2) is 6.61 Å². The number of likely N-dealkylation sites (tertiary alicyclic amines) is 1. The maximum absolute atomic E-state index is 10.9. The van der Waals surface area contributed by atoms with Gasteiger partial charge < -0.3 is 19.5 Å². The van der Waals surface area contributed by atoms with Crippen molar-refractivity contribution in [1.29, 1.82) is 0 Å². The van der Waals surface area contributed by atoms with E-state index in [-0.39, 0.29) is 12.7 Å². The van der Waals surface area contributed by atoms with Gasteiger partial charge in [-0.15, -0.1) is 0 Å². The lowest BCUT2D eigenvalue weighted by atomic mass is 10.0. The van der Waals surface area contributed by atoms with Gasteiger partial charge in [-0.05, 0) is 68.8 Å². The molecule has 0 radical (unpaired) electrons. The van der Waals surface area contributed by atoms with Crippen molar-refractivity contribution in [1.82, 2.24) is 9.88 Å². The van der Waals surface area contributed by atoms with Gasteiger partial charge in [0.1, 0.15) is 17.6 Å². The van der Waals surface area contributed by atoms with E-state index in [4.69, 9.17) is 19.6 Å². The van der Waals surface area contributed by atoms with E-state index in [9.17, 15) is 4.79 Å². The number of rotatable bonds is 6. The summed E-state index contributed by atoms with van der Waals surface area (Å²) in [6.45, 7) is 3.78. The molecule has 3 aromatic rings. The van der Waals surface area contributed by atoms with Crippen molar-refractivity contribution < 1.29 is 19.4 Å². The minimum atomic E-state index is -1.01. The van der Waals surface area contributed by atoms with Crippen molar-refractivity contribution >= 4 is 16.9 Å². The number of aliphatic carboxylic acids is 1. The number of para-hydroxylation sites is 1. The standard InChI is InChI=1S/C24H26N2O4/c1-16-13-22(19-5-3-4-6-23(19)29-15-24(27)28)25-21-8-7-18(14-20(16)21)30-17-9-11-26(2)12-10-17/h3-8,13-14,17H,9-12,15H2,1-2H3,(H,27,28). The Labute approximate surface area is 176 Å². The highest BCUT2D eigenvalue weighted by Gasteiger charge is 2.18. The van der Waals surface area contributed by atoms with Crippen LogP contribution in [-0.2, 0) is 4.79 Å². The maximum atomic E-state index is 10.9. The lowest BCUT2D eigenvalue weighted by Crippen LogP contribution is -2.35. The lowest BCUT2D eigenvalue weighted by molar-refractivity contribution is -0.139. The van der Waals surface area contributed by atoms with Crippen molar-refractivity contribution in [2.45, 2.75) is 25.9 Å². The van der Waals surface area contributed by atoms with Crippen molar-refractivity contribution in [2.75, 3.05) is 26.7 Å². The third kappa shape index (κ3) is 4.54. The van der Waals surface area contributed by atoms with Crippen LogP contribution in [0.2, 0.25) is 0 Å². The number of aromatic nitrogens is 1. The van der Waals surface area contributed by atoms with Crippen LogP contribution >= 0.6 is 0 Å². The predicted octanol–water partition coefficient (Wildman–Crippen LogP) is 4.15. The molecule has 0 bridgehead atoms. The monoisotopic (exact) mass is 406 g/mol. The Hall–Kier alpha value is -3.12. The molecule has 4 rings (SSSR count). The van der Waals surface area contributed by atoms with E-state index in [1.165, 1.54) is 0 Å². The third-order valence-electron chi connectivity index (χ3n) is 5.47. The van der Waals surface area contributed by atoms with E-state index < -0.39 is 5.97 Å². The van der Waals surface area contributed by atoms with Crippen molar-refractivity contribution in [2.24, 2.45) is 0 Å². The van der Waals surface area contributed by atoms with Crippen LogP contribution in [0.15, 0.2) is 48.5 Å². The molecule has 6 nitrogen and oxygen atoms in total. The van der Waals surface area contributed by atoms with Crippen LogP contribution in [0.5, 0.6) is 11.5 Å². The molecule has 1 aliphatic heterocycles. The highest BCUT2D eigenvalue weighted by Crippen LogP contribution is 2.32. The molecule has 0 atom stereocenters. The number of nitrogens with zero attached hydrogens (tertiary/aromatic N) is 2. The highest BCUT2D eigenvalue weighted by atomic mass is 16.5. The quantitative estimate of drug-likeness (QED) is 0.663. The smallest absolute Gasteiger partial charge is 0.341 e. The first-order valence-corrected chi connectivity index (χ1v) is 10.2. The molecular formula is C24H26N2O4. The molecular weight excluding hydrogens is 380 g/mol. The van der Waals surface area contributed by atoms with E-state index in [2.05, 4.69) is 18.0 Å². The Morgan fingerprint density at radius 3 is 2.70 bits per heavy atom. The van der Waals surface area contributed by atoms with Gasteiger partial charge in [0.05, 0.1) is 11.2 Å². The molecule has 0 aliphatic carbocycles. The largest absolute Gasteiger partial charge is 0.490 e. The molecule has 0 saturated carbocycles. The number of ether oxygens (including phenoxy) is 2. The zero-order valence-corrected chi connectivity index (χ0v) is 17.3. The molecule has 0 spiro atoms. The van der Waals surface area contributed by atoms with Crippen molar-refractivity contribution in [3.8, 4) is 22.8 Å². The number of hydrogen-bond donors (Lipinski definition) is 1. The molecule has 2 heterocycles. The van der Waals surface area contributed by atoms with Crippen molar-refractivity contribution in [3.63, 3.8) is 0 Å². The molecule has 0 unspecified atom stereocenters. The minimum Gasteiger partial charge on any atom is -0.490 e. The fourth-order valence-electron chi connectivity index (χ4n) is 3.82. The second-order valence-corrected chi connectivity index (χ2v) is 7.80. The molecule has 1 saturated heterocycles. The Kier molecular flexibility index (Phi) is 5.86. The van der Waals surface area contributed by atoms with Gasteiger partial charge in [0.2, 0.25) is 0 Å². The Morgan fingerprint density at radius 1 is 1.17 bits per heavy atom. The van der Waals surface area contributed by atoms with Crippen LogP contribution in [0.4, 0.5) is 0 Å². The summed E-state index contributed by atoms with van der Waals surface area (Å²) in [5.41, 5.74) is 3.48. The van der Waals surface area contributed by atoms with Crippen LogP contribution in [0, 0.1) is 6.92 Å². The van der Waals surface area contributed by atoms with Gasteiger partial charge in [0, 0.05) is 24.0 Å². The van der Waals surface area contributed by atoms with Crippen LogP contribution in [0.25, 0.3) is 22.2 Å². The minimum absolute atomic E-state index is 0.254. The zero-order chi connectivity index (χ0) is 21.1. The number of benzene rings is 2. The molecule has 0 amide bonds. The normalized spacial score (nSPS) is 15.3. The lowest BCUT2D eigenvalue weighted by Gasteiger charge is -2.29. The number of fused-ring (bicyclic) bond motifs is 1. The van der Waals surface area contributed by atoms with E-state index in [1.807, 2.05) is 43.3 Å². The van der Waals surface area contributed by atoms with E-state index in [0.717, 1.165) is 59.4 Å². The summed E-state index contributed by atoms with van der Waals surface area (Å²) < 4.78 is 11.7. The molecule has 2 aromatic carbocycles. The summed E-state index contributed by atoms with van der Waals surface area (Å²) in [6.07, 6.45) is 2.33. The SMILES string of the molecule is Cc1cc(-c2ccccc2OCC(=O)O)nc2ccc(OC3CCN(C)CC3)cc12. The van der Waals surface area contributed by atoms with E-state index >= 15 is 0 Å². The average Bonchev–Trinajstić information content (AvgIpc) is 2.74. The van der Waals surface area contributed by atoms with Crippen LogP contribution < -0.4 is 9.47 Å². The number of pyridine rings is 1. The first-order chi connectivity index (χ1) is 14.5. The molecule has 1 aromatic heterocycles. The Morgan fingerprint density at radius 2 is 1.93 bits per heavy atom. The van der Waals surface area contributed by atoms with Gasteiger partial charge >= 0.3 is 5.97 Å². The zero-order valence-electron chi connectivity index (χ0n) is 17.3. The van der Waals surface area contributed by atoms with Crippen LogP contribution in [0.3, 0.4) is 0 Å². The summed E-state index contributed by atoms with van der Waals surface area (Å²) in [7, 11) is 2.14. The molecule has 1 aliphatic rings. The molecule has 156 valence electrons. The summed E-state index contributed by atoms with van der Waals surface area (Å²) in [6, 6.07) is 15.4. The maximum Gasteiger partial charge on any atom is 0.341 e. The number of hydrogen-bond acceptors (Lipinski definition) is 5. The fraction of sp³-hybridized carbons (Fsp3) is 0.333. The average molecular weight is 406 g/mol. The van der Waals surface area contributed by atoms with Gasteiger partial charge in [0.25, 0.3) is 0 Å². The number of carbonyl (C=O) groups is 1. The Balaban J connectivity index is 1.61. The van der Waals surface area contributed by atoms with Gasteiger partial charge in [-0.2, -0.15) is 0 Å². The first kappa shape index (κ1) is 20.2.